The molecule has 0 radical (unpaired) electrons. The lowest BCUT2D eigenvalue weighted by Crippen LogP contribution is -2.19. The van der Waals surface area contributed by atoms with E-state index in [0.29, 0.717) is 12.3 Å². The lowest BCUT2D eigenvalue weighted by Gasteiger charge is -2.22. The van der Waals surface area contributed by atoms with Gasteiger partial charge in [0.2, 0.25) is 0 Å². The zero-order valence-corrected chi connectivity index (χ0v) is 8.42. The summed E-state index contributed by atoms with van der Waals surface area (Å²) in [6.07, 6.45) is 2.50. The summed E-state index contributed by atoms with van der Waals surface area (Å²) in [5, 5.41) is 9.00. The van der Waals surface area contributed by atoms with Crippen LogP contribution in [0.4, 0.5) is 0 Å². The van der Waals surface area contributed by atoms with Gasteiger partial charge in [0.05, 0.1) is 6.26 Å². The van der Waals surface area contributed by atoms with Crippen LogP contribution in [0.5, 0.6) is 0 Å². The molecule has 1 N–H and O–H groups in total. The van der Waals surface area contributed by atoms with Crippen LogP contribution in [0.25, 0.3) is 0 Å². The van der Waals surface area contributed by atoms with Crippen molar-refractivity contribution < 1.29 is 9.90 Å². The summed E-state index contributed by atoms with van der Waals surface area (Å²) >= 11 is 0. The summed E-state index contributed by atoms with van der Waals surface area (Å²) in [6.45, 7) is 5.85. The number of allylic oxidation sites excluding steroid dienone is 3. The normalized spacial score (nSPS) is 26.7. The third-order valence-corrected chi connectivity index (χ3v) is 2.36. The van der Waals surface area contributed by atoms with Crippen LogP contribution in [0.15, 0.2) is 23.0 Å². The van der Waals surface area contributed by atoms with E-state index in [1.54, 1.807) is 0 Å². The fraction of sp³-hybridized carbons (Fsp3) is 0.545. The second-order valence-corrected chi connectivity index (χ2v) is 3.97. The number of Topliss-reactive ketones (excluding diaryl/α,β-unsaturated/α-hetero) is 1. The second kappa shape index (κ2) is 3.77. The highest BCUT2D eigenvalue weighted by Crippen LogP contribution is 2.31. The van der Waals surface area contributed by atoms with Gasteiger partial charge in [-0.25, -0.2) is 0 Å². The molecule has 0 aromatic carbocycles. The maximum atomic E-state index is 11.6. The molecule has 0 spiro atoms. The van der Waals surface area contributed by atoms with Crippen molar-refractivity contribution >= 4 is 5.78 Å². The largest absolute Gasteiger partial charge is 0.515 e. The third kappa shape index (κ3) is 2.00. The van der Waals surface area contributed by atoms with Gasteiger partial charge < -0.3 is 5.11 Å². The molecule has 1 aliphatic rings. The molecule has 72 valence electrons. The highest BCUT2D eigenvalue weighted by atomic mass is 16.2. The number of hydrogen-bond donors (Lipinski definition) is 1. The molecule has 0 heterocycles. The van der Waals surface area contributed by atoms with Crippen LogP contribution in [0.2, 0.25) is 0 Å². The van der Waals surface area contributed by atoms with Gasteiger partial charge in [0, 0.05) is 12.0 Å². The van der Waals surface area contributed by atoms with E-state index in [2.05, 4.69) is 0 Å². The van der Waals surface area contributed by atoms with Crippen molar-refractivity contribution in [1.82, 2.24) is 0 Å². The maximum Gasteiger partial charge on any atom is 0.163 e. The predicted molar refractivity (Wildman–Crippen MR) is 52.5 cm³/mol. The third-order valence-electron chi connectivity index (χ3n) is 2.36. The Bertz CT molecular complexity index is 280. The average molecular weight is 180 g/mol. The first kappa shape index (κ1) is 10.0. The summed E-state index contributed by atoms with van der Waals surface area (Å²) in [4.78, 5) is 11.6. The molecule has 0 aromatic rings. The van der Waals surface area contributed by atoms with E-state index < -0.39 is 0 Å². The molecule has 2 nitrogen and oxygen atoms in total. The minimum atomic E-state index is 0.166. The molecule has 1 atom stereocenters. The smallest absolute Gasteiger partial charge is 0.163 e. The summed E-state index contributed by atoms with van der Waals surface area (Å²) in [7, 11) is 0. The Morgan fingerprint density at radius 3 is 2.54 bits per heavy atom. The van der Waals surface area contributed by atoms with E-state index in [9.17, 15) is 4.79 Å². The Morgan fingerprint density at radius 1 is 1.46 bits per heavy atom. The Hall–Kier alpha value is -1.05. The van der Waals surface area contributed by atoms with Gasteiger partial charge in [-0.1, -0.05) is 12.5 Å². The summed E-state index contributed by atoms with van der Waals surface area (Å²) in [5.74, 6) is 0.521. The fourth-order valence-corrected chi connectivity index (χ4v) is 1.86. The van der Waals surface area contributed by atoms with Crippen LogP contribution < -0.4 is 0 Å². The molecule has 0 bridgehead atoms. The predicted octanol–water partition coefficient (Wildman–Crippen LogP) is 2.76. The number of carbonyl (C=O) groups excluding carboxylic acids is 1. The first-order valence-corrected chi connectivity index (χ1v) is 4.60. The van der Waals surface area contributed by atoms with Crippen LogP contribution in [0.3, 0.4) is 0 Å². The standard InChI is InChI=1S/C11H16O2/c1-7(2)11-9(6-12)4-8(3)5-10(11)13/h6,8,12H,4-5H2,1-3H3/b9-6+/t8-/m1/s1. The average Bonchev–Trinajstić information content (AvgIpc) is 2.01. The molecule has 1 fully saturated rings. The topological polar surface area (TPSA) is 37.3 Å². The molecular weight excluding hydrogens is 164 g/mol. The van der Waals surface area contributed by atoms with Crippen LogP contribution >= 0.6 is 0 Å². The van der Waals surface area contributed by atoms with E-state index in [1.807, 2.05) is 20.8 Å². The zero-order valence-electron chi connectivity index (χ0n) is 8.42. The number of aliphatic hydroxyl groups is 1. The van der Waals surface area contributed by atoms with Crippen LogP contribution in [0.1, 0.15) is 33.6 Å². The molecular formula is C11H16O2. The van der Waals surface area contributed by atoms with E-state index in [0.717, 1.165) is 29.4 Å². The SMILES string of the molecule is CC(C)=C1C(=O)C[C@H](C)C/C1=C\O. The minimum absolute atomic E-state index is 0.166. The highest BCUT2D eigenvalue weighted by molar-refractivity contribution is 6.01. The molecule has 0 amide bonds. The molecule has 0 saturated heterocycles. The van der Waals surface area contributed by atoms with Crippen molar-refractivity contribution in [3.05, 3.63) is 23.0 Å². The summed E-state index contributed by atoms with van der Waals surface area (Å²) in [5.41, 5.74) is 2.53. The van der Waals surface area contributed by atoms with Gasteiger partial charge in [0.15, 0.2) is 5.78 Å². The molecule has 0 unspecified atom stereocenters. The van der Waals surface area contributed by atoms with E-state index in [1.165, 1.54) is 0 Å². The van der Waals surface area contributed by atoms with Crippen molar-refractivity contribution in [2.45, 2.75) is 33.6 Å². The fourth-order valence-electron chi connectivity index (χ4n) is 1.86. The van der Waals surface area contributed by atoms with Gasteiger partial charge >= 0.3 is 0 Å². The Morgan fingerprint density at radius 2 is 2.08 bits per heavy atom. The summed E-state index contributed by atoms with van der Waals surface area (Å²) < 4.78 is 0. The van der Waals surface area contributed by atoms with Crippen LogP contribution in [0, 0.1) is 5.92 Å². The van der Waals surface area contributed by atoms with E-state index >= 15 is 0 Å². The monoisotopic (exact) mass is 180 g/mol. The number of aliphatic hydroxyl groups excluding tert-OH is 1. The number of carbonyl (C=O) groups is 1. The number of rotatable bonds is 0. The van der Waals surface area contributed by atoms with E-state index in [4.69, 9.17) is 5.11 Å². The van der Waals surface area contributed by atoms with Crippen LogP contribution in [-0.4, -0.2) is 10.9 Å². The molecule has 2 heteroatoms. The van der Waals surface area contributed by atoms with Crippen molar-refractivity contribution in [1.29, 1.82) is 0 Å². The Kier molecular flexibility index (Phi) is 2.91. The summed E-state index contributed by atoms with van der Waals surface area (Å²) in [6, 6.07) is 0. The zero-order chi connectivity index (χ0) is 10.0. The lowest BCUT2D eigenvalue weighted by molar-refractivity contribution is -0.116. The van der Waals surface area contributed by atoms with Gasteiger partial charge in [0.25, 0.3) is 0 Å². The van der Waals surface area contributed by atoms with Gasteiger partial charge in [-0.15, -0.1) is 0 Å². The second-order valence-electron chi connectivity index (χ2n) is 3.97. The van der Waals surface area contributed by atoms with Gasteiger partial charge in [-0.05, 0) is 31.8 Å². The number of hydrogen-bond acceptors (Lipinski definition) is 2. The van der Waals surface area contributed by atoms with E-state index in [-0.39, 0.29) is 5.78 Å². The van der Waals surface area contributed by atoms with Gasteiger partial charge in [-0.2, -0.15) is 0 Å². The Balaban J connectivity index is 3.07. The molecule has 1 saturated carbocycles. The van der Waals surface area contributed by atoms with Crippen molar-refractivity contribution in [3.63, 3.8) is 0 Å². The maximum absolute atomic E-state index is 11.6. The molecule has 1 rings (SSSR count). The molecule has 13 heavy (non-hydrogen) atoms. The first-order valence-electron chi connectivity index (χ1n) is 4.60. The Labute approximate surface area is 79.0 Å². The lowest BCUT2D eigenvalue weighted by atomic mass is 9.81. The van der Waals surface area contributed by atoms with Crippen molar-refractivity contribution in [2.24, 2.45) is 5.92 Å². The highest BCUT2D eigenvalue weighted by Gasteiger charge is 2.25. The molecule has 1 aliphatic carbocycles. The van der Waals surface area contributed by atoms with Gasteiger partial charge in [0.1, 0.15) is 0 Å². The molecule has 0 aromatic heterocycles. The molecule has 0 aliphatic heterocycles. The first-order chi connectivity index (χ1) is 6.06. The van der Waals surface area contributed by atoms with Crippen LogP contribution in [-0.2, 0) is 4.79 Å². The van der Waals surface area contributed by atoms with Crippen molar-refractivity contribution in [3.8, 4) is 0 Å². The number of ketones is 1. The minimum Gasteiger partial charge on any atom is -0.515 e. The quantitative estimate of drug-likeness (QED) is 0.459. The van der Waals surface area contributed by atoms with Crippen molar-refractivity contribution in [2.75, 3.05) is 0 Å². The van der Waals surface area contributed by atoms with Gasteiger partial charge in [-0.3, -0.25) is 4.79 Å².